The zero-order valence-electron chi connectivity index (χ0n) is 18.9. The summed E-state index contributed by atoms with van der Waals surface area (Å²) >= 11 is 2.52. The number of urea groups is 1. The molecular weight excluding hydrogens is 508 g/mol. The van der Waals surface area contributed by atoms with Gasteiger partial charge in [0.15, 0.2) is 10.9 Å². The maximum atomic E-state index is 12.9. The number of pyridine rings is 2. The van der Waals surface area contributed by atoms with Gasteiger partial charge >= 0.3 is 6.03 Å². The molecule has 4 rings (SSSR count). The van der Waals surface area contributed by atoms with Crippen LogP contribution in [0.25, 0.3) is 0 Å². The minimum Gasteiger partial charge on any atom is -0.305 e. The molecule has 1 saturated carbocycles. The third kappa shape index (κ3) is 7.07. The van der Waals surface area contributed by atoms with Gasteiger partial charge in [0.2, 0.25) is 10.0 Å². The standard InChI is InChI=1S/C22H24N6O4S3/c1-35(31,32)25-13-16-20(33-17-10-4-5-11-23-17)34-22(27-16)28-21(30)26-15-9-6-12-24-18(15)19(29)14-7-2-3-8-14/h4-6,9-12,14,25H,2-3,7-8,13H2,1H3,(H2,26,27,28,30). The number of nitrogens with one attached hydrogen (secondary N) is 3. The first-order valence-electron chi connectivity index (χ1n) is 10.9. The summed E-state index contributed by atoms with van der Waals surface area (Å²) in [6, 6.07) is 8.18. The van der Waals surface area contributed by atoms with Crippen molar-refractivity contribution in [3.05, 3.63) is 54.1 Å². The monoisotopic (exact) mass is 532 g/mol. The zero-order chi connectivity index (χ0) is 24.8. The van der Waals surface area contributed by atoms with Gasteiger partial charge in [-0.3, -0.25) is 15.1 Å². The number of sulfonamides is 1. The van der Waals surface area contributed by atoms with Crippen LogP contribution < -0.4 is 15.4 Å². The molecule has 2 amide bonds. The summed E-state index contributed by atoms with van der Waals surface area (Å²) in [4.78, 5) is 38.5. The molecule has 35 heavy (non-hydrogen) atoms. The highest BCUT2D eigenvalue weighted by molar-refractivity contribution is 8.01. The van der Waals surface area contributed by atoms with E-state index in [1.165, 1.54) is 29.3 Å². The lowest BCUT2D eigenvalue weighted by Gasteiger charge is -2.12. The first-order valence-corrected chi connectivity index (χ1v) is 14.4. The molecular formula is C22H24N6O4S3. The number of hydrogen-bond donors (Lipinski definition) is 3. The second-order valence-corrected chi connectivity index (χ2v) is 12.1. The molecule has 0 aliphatic heterocycles. The van der Waals surface area contributed by atoms with Crippen LogP contribution in [0.4, 0.5) is 15.6 Å². The predicted octanol–water partition coefficient (Wildman–Crippen LogP) is 4.15. The van der Waals surface area contributed by atoms with E-state index >= 15 is 0 Å². The number of nitrogens with zero attached hydrogens (tertiary/aromatic N) is 3. The lowest BCUT2D eigenvalue weighted by atomic mass is 9.99. The Morgan fingerprint density at radius 2 is 1.86 bits per heavy atom. The van der Waals surface area contributed by atoms with Crippen molar-refractivity contribution in [1.82, 2.24) is 19.7 Å². The van der Waals surface area contributed by atoms with Gasteiger partial charge in [0, 0.05) is 18.3 Å². The minimum absolute atomic E-state index is 0.0313. The topological polar surface area (TPSA) is 143 Å². The smallest absolute Gasteiger partial charge is 0.305 e. The fourth-order valence-corrected chi connectivity index (χ4v) is 6.07. The largest absolute Gasteiger partial charge is 0.325 e. The molecule has 3 aromatic heterocycles. The molecule has 10 nitrogen and oxygen atoms in total. The van der Waals surface area contributed by atoms with Crippen LogP contribution in [0.3, 0.4) is 0 Å². The third-order valence-electron chi connectivity index (χ3n) is 5.23. The number of anilines is 2. The lowest BCUT2D eigenvalue weighted by Crippen LogP contribution is -2.23. The van der Waals surface area contributed by atoms with Gasteiger partial charge in [-0.25, -0.2) is 27.9 Å². The summed E-state index contributed by atoms with van der Waals surface area (Å²) in [6.07, 6.45) is 7.97. The fraction of sp³-hybridized carbons (Fsp3) is 0.318. The van der Waals surface area contributed by atoms with Crippen LogP contribution in [0.2, 0.25) is 0 Å². The average molecular weight is 533 g/mol. The van der Waals surface area contributed by atoms with E-state index in [-0.39, 0.29) is 29.1 Å². The van der Waals surface area contributed by atoms with Crippen molar-refractivity contribution in [1.29, 1.82) is 0 Å². The number of ketones is 1. The number of rotatable bonds is 9. The Morgan fingerprint density at radius 1 is 1.09 bits per heavy atom. The van der Waals surface area contributed by atoms with Crippen molar-refractivity contribution in [3.63, 3.8) is 0 Å². The Bertz CT molecular complexity index is 1310. The highest BCUT2D eigenvalue weighted by Gasteiger charge is 2.27. The molecule has 1 fully saturated rings. The molecule has 0 radical (unpaired) electrons. The number of aromatic nitrogens is 3. The molecule has 3 aromatic rings. The Hall–Kier alpha value is -2.87. The molecule has 1 aliphatic carbocycles. The summed E-state index contributed by atoms with van der Waals surface area (Å²) < 4.78 is 26.3. The average Bonchev–Trinajstić information content (AvgIpc) is 3.48. The third-order valence-corrected chi connectivity index (χ3v) is 8.08. The minimum atomic E-state index is -3.44. The molecule has 3 N–H and O–H groups in total. The van der Waals surface area contributed by atoms with E-state index in [9.17, 15) is 18.0 Å². The highest BCUT2D eigenvalue weighted by Crippen LogP contribution is 2.36. The number of carbonyl (C=O) groups is 2. The van der Waals surface area contributed by atoms with Crippen LogP contribution in [-0.4, -0.2) is 41.4 Å². The van der Waals surface area contributed by atoms with Gasteiger partial charge in [-0.1, -0.05) is 42.0 Å². The Morgan fingerprint density at radius 3 is 2.57 bits per heavy atom. The van der Waals surface area contributed by atoms with Crippen LogP contribution in [0.15, 0.2) is 52.0 Å². The first kappa shape index (κ1) is 25.2. The molecule has 0 aromatic carbocycles. The second kappa shape index (κ2) is 11.2. The quantitative estimate of drug-likeness (QED) is 0.349. The van der Waals surface area contributed by atoms with Crippen molar-refractivity contribution in [3.8, 4) is 0 Å². The van der Waals surface area contributed by atoms with Crippen molar-refractivity contribution >= 4 is 55.8 Å². The number of Topliss-reactive ketones (excluding diaryl/α,β-unsaturated/α-hetero) is 1. The van der Waals surface area contributed by atoms with E-state index in [2.05, 4.69) is 30.3 Å². The molecule has 0 spiro atoms. The number of hydrogen-bond acceptors (Lipinski definition) is 9. The van der Waals surface area contributed by atoms with Gasteiger partial charge in [-0.05, 0) is 37.1 Å². The van der Waals surface area contributed by atoms with E-state index < -0.39 is 16.1 Å². The van der Waals surface area contributed by atoms with E-state index in [1.807, 2.05) is 12.1 Å². The summed E-state index contributed by atoms with van der Waals surface area (Å²) in [7, 11) is -3.44. The van der Waals surface area contributed by atoms with Gasteiger partial charge < -0.3 is 5.32 Å². The fourth-order valence-electron chi connectivity index (χ4n) is 3.62. The van der Waals surface area contributed by atoms with E-state index in [0.717, 1.165) is 31.9 Å². The number of thiazole rings is 1. The van der Waals surface area contributed by atoms with Crippen molar-refractivity contribution < 1.29 is 18.0 Å². The molecule has 0 saturated heterocycles. The lowest BCUT2D eigenvalue weighted by molar-refractivity contribution is 0.0918. The Kier molecular flexibility index (Phi) is 8.11. The van der Waals surface area contributed by atoms with Crippen LogP contribution in [0, 0.1) is 5.92 Å². The molecule has 0 bridgehead atoms. The maximum Gasteiger partial charge on any atom is 0.325 e. The summed E-state index contributed by atoms with van der Waals surface area (Å²) in [5.74, 6) is -0.126. The van der Waals surface area contributed by atoms with Crippen molar-refractivity contribution in [2.45, 2.75) is 41.5 Å². The van der Waals surface area contributed by atoms with Crippen LogP contribution in [0.1, 0.15) is 41.9 Å². The van der Waals surface area contributed by atoms with E-state index in [4.69, 9.17) is 0 Å². The molecule has 184 valence electrons. The van der Waals surface area contributed by atoms with Crippen molar-refractivity contribution in [2.75, 3.05) is 16.9 Å². The van der Waals surface area contributed by atoms with Crippen LogP contribution in [0.5, 0.6) is 0 Å². The summed E-state index contributed by atoms with van der Waals surface area (Å²) in [5, 5.41) is 6.36. The van der Waals surface area contributed by atoms with Gasteiger partial charge in [0.05, 0.1) is 28.4 Å². The normalized spacial score (nSPS) is 14.1. The Labute approximate surface area is 211 Å². The van der Waals surface area contributed by atoms with Crippen LogP contribution in [-0.2, 0) is 16.6 Å². The Balaban J connectivity index is 1.49. The molecule has 0 atom stereocenters. The van der Waals surface area contributed by atoms with Gasteiger partial charge in [-0.2, -0.15) is 0 Å². The summed E-state index contributed by atoms with van der Waals surface area (Å²) in [5.41, 5.74) is 1.04. The van der Waals surface area contributed by atoms with Crippen molar-refractivity contribution in [2.24, 2.45) is 5.92 Å². The molecule has 3 heterocycles. The molecule has 13 heteroatoms. The molecule has 1 aliphatic rings. The summed E-state index contributed by atoms with van der Waals surface area (Å²) in [6.45, 7) is -0.0313. The van der Waals surface area contributed by atoms with E-state index in [0.29, 0.717) is 20.6 Å². The van der Waals surface area contributed by atoms with Gasteiger partial charge in [0.25, 0.3) is 0 Å². The van der Waals surface area contributed by atoms with E-state index in [1.54, 1.807) is 24.4 Å². The first-order chi connectivity index (χ1) is 16.8. The second-order valence-electron chi connectivity index (χ2n) is 7.94. The SMILES string of the molecule is CS(=O)(=O)NCc1nc(NC(=O)Nc2cccnc2C(=O)C2CCCC2)sc1Sc1ccccn1. The number of carbonyl (C=O) groups excluding carboxylic acids is 2. The van der Waals surface area contributed by atoms with Gasteiger partial charge in [0.1, 0.15) is 10.7 Å². The molecule has 0 unspecified atom stereocenters. The highest BCUT2D eigenvalue weighted by atomic mass is 32.2. The predicted molar refractivity (Wildman–Crippen MR) is 135 cm³/mol. The zero-order valence-corrected chi connectivity index (χ0v) is 21.3. The van der Waals surface area contributed by atoms with Gasteiger partial charge in [-0.15, -0.1) is 0 Å². The number of amides is 2. The maximum absolute atomic E-state index is 12.9. The van der Waals surface area contributed by atoms with Crippen LogP contribution >= 0.6 is 23.1 Å².